The number of rotatable bonds is 36. The maximum absolute atomic E-state index is 14.2. The number of nitrogens with zero attached hydrogens (tertiary/aromatic N) is 1. The van der Waals surface area contributed by atoms with Crippen LogP contribution in [0.4, 0.5) is 0 Å². The van der Waals surface area contributed by atoms with Gasteiger partial charge in [-0.15, -0.1) is 0 Å². The molecule has 9 aromatic carbocycles. The third-order valence-electron chi connectivity index (χ3n) is 20.3. The normalized spacial score (nSPS) is 21.7. The molecule has 9 aromatic rings. The summed E-state index contributed by atoms with van der Waals surface area (Å²) < 4.78 is 92.6. The minimum atomic E-state index is -1.55. The molecule has 0 aliphatic carbocycles. The molecule has 662 valence electrons. The lowest BCUT2D eigenvalue weighted by molar-refractivity contribution is -0.285. The molecule has 3 heterocycles. The minimum Gasteiger partial charge on any atom is -0.452 e. The maximum atomic E-state index is 14.2. The largest absolute Gasteiger partial charge is 0.452 e. The number of ether oxygens (including phenoxy) is 15. The third-order valence-corrected chi connectivity index (χ3v) is 21.1. The molecule has 31 nitrogen and oxygen atoms in total. The van der Waals surface area contributed by atoms with E-state index in [-0.39, 0.29) is 124 Å². The summed E-state index contributed by atoms with van der Waals surface area (Å²) >= 11 is 17.8. The fourth-order valence-electron chi connectivity index (χ4n) is 13.9. The number of methoxy groups -OCH3 is 3. The first-order chi connectivity index (χ1) is 61.8. The summed E-state index contributed by atoms with van der Waals surface area (Å²) in [6.07, 6.45) is -21.6. The lowest BCUT2D eigenvalue weighted by atomic mass is 9.97. The Bertz CT molecular complexity index is 4640. The van der Waals surface area contributed by atoms with Gasteiger partial charge in [0.1, 0.15) is 18.3 Å². The molecule has 6 N–H and O–H groups in total. The molecule has 0 spiro atoms. The first kappa shape index (κ1) is 93.2. The highest BCUT2D eigenvalue weighted by atomic mass is 32.1. The molecule has 34 heteroatoms. The van der Waals surface area contributed by atoms with Crippen molar-refractivity contribution in [2.75, 3.05) is 80.2 Å². The van der Waals surface area contributed by atoms with Crippen LogP contribution in [0, 0.1) is 0 Å². The van der Waals surface area contributed by atoms with E-state index in [1.54, 1.807) is 164 Å². The van der Waals surface area contributed by atoms with Gasteiger partial charge in [-0.2, -0.15) is 0 Å². The number of hydrogen-bond acceptors (Lipinski definition) is 28. The fourth-order valence-corrected chi connectivity index (χ4v) is 14.4. The molecule has 3 aliphatic rings. The number of carbonyl (C=O) groups excluding carboxylic acids is 9. The van der Waals surface area contributed by atoms with Crippen LogP contribution >= 0.6 is 36.7 Å². The Morgan fingerprint density at radius 3 is 0.567 bits per heavy atom. The highest BCUT2D eigenvalue weighted by Gasteiger charge is 2.56. The van der Waals surface area contributed by atoms with Crippen molar-refractivity contribution in [1.29, 1.82) is 0 Å². The summed E-state index contributed by atoms with van der Waals surface area (Å²) in [4.78, 5) is 129. The average molecular weight is 1790 g/mol. The quantitative estimate of drug-likeness (QED) is 0.0121. The zero-order valence-electron chi connectivity index (χ0n) is 69.0. The molecule has 0 radical (unpaired) electrons. The Kier molecular flexibility index (Phi) is 34.7. The minimum absolute atomic E-state index is 0.0883. The van der Waals surface area contributed by atoms with Crippen molar-refractivity contribution in [2.24, 2.45) is 0 Å². The van der Waals surface area contributed by atoms with Gasteiger partial charge in [0.25, 0.3) is 0 Å². The standard InChI is InChI=1S/C93H93N7O24S3/c1-110-88-76(122-85(107)64-43-25-10-26-44-64)73(119-82(104)61-37-19-7-20-38-61)70(116-79(101)58-31-13-4-14-32-58)67(113-88)55-97-91(125)94-49-52-100(53-50-95-92(126)98-56-68-71(117-80(102)59-33-15-5-16-34-59)74(120-83(105)62-39-21-8-22-40-62)77(89(111-2)114-68)123-86(108)65-45-27-11-28-46-65)54-51-96-93(127)99-57-69-72(118-81(103)60-35-17-6-18-36-60)75(121-84(106)63-41-23-9-24-42-63)78(90(112-3)115-69)124-87(109)66-47-29-12-30-48-66/h4-48,67-78,88-90H,49-57H2,1-3H3,(H2,94,97,125)(H2,95,98,126)(H2,96,99,127)/t67-,68-,69-,70-,71-,72-,73+,74+,75+,76+,77+,78+,88+,89+,90+/m1/s1. The summed E-state index contributed by atoms with van der Waals surface area (Å²) in [7, 11) is 3.93. The maximum Gasteiger partial charge on any atom is 0.338 e. The van der Waals surface area contributed by atoms with Crippen molar-refractivity contribution in [3.63, 3.8) is 0 Å². The van der Waals surface area contributed by atoms with Crippen LogP contribution in [0.5, 0.6) is 0 Å². The number of esters is 9. The Labute approximate surface area is 747 Å². The van der Waals surface area contributed by atoms with Crippen LogP contribution in [0.15, 0.2) is 273 Å². The molecule has 127 heavy (non-hydrogen) atoms. The van der Waals surface area contributed by atoms with Crippen molar-refractivity contribution in [3.8, 4) is 0 Å². The summed E-state index contributed by atoms with van der Waals surface area (Å²) in [6.45, 7) is 0.600. The SMILES string of the molecule is CO[C@H]1O[C@H](CNC(=S)NCCN(CCNC(=S)NC[C@H]2O[C@H](OC)[C@@H](OC(=O)c3ccccc3)[C@@H](OC(=O)c3ccccc3)[C@@H]2OC(=O)c2ccccc2)CCNC(=S)NC[C@H]2O[C@H](OC)[C@@H](OC(=O)c3ccccc3)[C@@H](OC(=O)c3ccccc3)[C@@H]2OC(=O)c2ccccc2)[C@@H](OC(=O)c2ccccc2)[C@H](OC(=O)c2ccccc2)[C@@H]1OC(=O)c1ccccc1. The molecule has 3 fully saturated rings. The first-order valence-electron chi connectivity index (χ1n) is 40.5. The molecule has 0 saturated carbocycles. The molecule has 3 saturated heterocycles. The third kappa shape index (κ3) is 26.3. The van der Waals surface area contributed by atoms with Crippen LogP contribution < -0.4 is 31.9 Å². The lowest BCUT2D eigenvalue weighted by Gasteiger charge is -2.44. The van der Waals surface area contributed by atoms with Gasteiger partial charge in [-0.05, 0) is 146 Å². The number of carbonyl (C=O) groups is 9. The van der Waals surface area contributed by atoms with E-state index in [0.29, 0.717) is 0 Å². The first-order valence-corrected chi connectivity index (χ1v) is 41.7. The fraction of sp³-hybridized carbons (Fsp3) is 0.290. The van der Waals surface area contributed by atoms with Crippen LogP contribution in [0.25, 0.3) is 0 Å². The van der Waals surface area contributed by atoms with Gasteiger partial charge in [0, 0.05) is 80.2 Å². The van der Waals surface area contributed by atoms with E-state index in [1.807, 2.05) is 4.90 Å². The zero-order chi connectivity index (χ0) is 89.4. The van der Waals surface area contributed by atoms with E-state index < -0.39 is 146 Å². The van der Waals surface area contributed by atoms with Gasteiger partial charge >= 0.3 is 53.7 Å². The van der Waals surface area contributed by atoms with Gasteiger partial charge in [-0.1, -0.05) is 164 Å². The van der Waals surface area contributed by atoms with Crippen LogP contribution in [0.3, 0.4) is 0 Å². The molecule has 12 rings (SSSR count). The van der Waals surface area contributed by atoms with E-state index in [1.165, 1.54) is 131 Å². The molecular weight excluding hydrogens is 1700 g/mol. The van der Waals surface area contributed by atoms with Gasteiger partial charge in [0.15, 0.2) is 89.1 Å². The predicted octanol–water partition coefficient (Wildman–Crippen LogP) is 8.83. The van der Waals surface area contributed by atoms with Crippen LogP contribution in [0.1, 0.15) is 93.2 Å². The summed E-state index contributed by atoms with van der Waals surface area (Å²) in [5, 5.41) is 19.4. The summed E-state index contributed by atoms with van der Waals surface area (Å²) in [5.41, 5.74) is 1.33. The number of benzene rings is 9. The number of hydrogen-bond donors (Lipinski definition) is 6. The molecule has 3 aliphatic heterocycles. The Balaban J connectivity index is 0.767. The Morgan fingerprint density at radius 2 is 0.402 bits per heavy atom. The van der Waals surface area contributed by atoms with Crippen molar-refractivity contribution in [3.05, 3.63) is 323 Å². The predicted molar refractivity (Wildman–Crippen MR) is 470 cm³/mol. The highest BCUT2D eigenvalue weighted by Crippen LogP contribution is 2.35. The van der Waals surface area contributed by atoms with Crippen molar-refractivity contribution < 1.29 is 114 Å². The van der Waals surface area contributed by atoms with Gasteiger partial charge in [-0.25, -0.2) is 43.2 Å². The van der Waals surface area contributed by atoms with E-state index in [9.17, 15) is 43.2 Å². The topological polar surface area (TPSA) is 368 Å². The Hall–Kier alpha value is -13.0. The van der Waals surface area contributed by atoms with Crippen molar-refractivity contribution in [2.45, 2.75) is 92.1 Å². The molecular formula is C93H93N7O24S3. The lowest BCUT2D eigenvalue weighted by Crippen LogP contribution is -2.64. The second-order valence-corrected chi connectivity index (χ2v) is 29.9. The highest BCUT2D eigenvalue weighted by molar-refractivity contribution is 7.80. The van der Waals surface area contributed by atoms with Crippen LogP contribution in [-0.2, 0) is 71.1 Å². The Morgan fingerprint density at radius 1 is 0.244 bits per heavy atom. The van der Waals surface area contributed by atoms with Crippen LogP contribution in [0.2, 0.25) is 0 Å². The van der Waals surface area contributed by atoms with Gasteiger partial charge in [-0.3, -0.25) is 4.90 Å². The number of thiocarbonyl (C=S) groups is 3. The second-order valence-electron chi connectivity index (χ2n) is 28.7. The van der Waals surface area contributed by atoms with E-state index in [0.717, 1.165) is 0 Å². The molecule has 0 amide bonds. The molecule has 0 unspecified atom stereocenters. The van der Waals surface area contributed by atoms with Crippen molar-refractivity contribution in [1.82, 2.24) is 36.8 Å². The average Bonchev–Trinajstić information content (AvgIpc) is 0.785. The second kappa shape index (κ2) is 47.4. The summed E-state index contributed by atoms with van der Waals surface area (Å²) in [6, 6.07) is 72.6. The van der Waals surface area contributed by atoms with E-state index >= 15 is 0 Å². The smallest absolute Gasteiger partial charge is 0.338 e. The number of nitrogens with one attached hydrogen (secondary N) is 6. The molecule has 0 bridgehead atoms. The van der Waals surface area contributed by atoms with Gasteiger partial charge in [0.05, 0.1) is 50.1 Å². The molecule has 0 aromatic heterocycles. The molecule has 15 atom stereocenters. The van der Waals surface area contributed by atoms with Gasteiger partial charge in [0.2, 0.25) is 0 Å². The zero-order valence-corrected chi connectivity index (χ0v) is 71.4. The van der Waals surface area contributed by atoms with Crippen molar-refractivity contribution >= 4 is 106 Å². The summed E-state index contributed by atoms with van der Waals surface area (Å²) in [5.74, 6) is -7.44. The monoisotopic (exact) mass is 1790 g/mol. The van der Waals surface area contributed by atoms with E-state index in [2.05, 4.69) is 31.9 Å². The van der Waals surface area contributed by atoms with E-state index in [4.69, 9.17) is 108 Å². The van der Waals surface area contributed by atoms with Gasteiger partial charge < -0.3 is 103 Å². The van der Waals surface area contributed by atoms with Crippen LogP contribution in [-0.4, -0.2) is 246 Å².